The van der Waals surface area contributed by atoms with E-state index in [0.29, 0.717) is 23.4 Å². The smallest absolute Gasteiger partial charge is 0.406 e. The number of hydrogen-bond acceptors (Lipinski definition) is 6. The van der Waals surface area contributed by atoms with Gasteiger partial charge in [0.05, 0.1) is 24.5 Å². The number of amides is 1. The van der Waals surface area contributed by atoms with E-state index in [1.54, 1.807) is 29.3 Å². The molecule has 1 saturated carbocycles. The van der Waals surface area contributed by atoms with Crippen LogP contribution in [0.2, 0.25) is 0 Å². The maximum atomic E-state index is 13.3. The average molecular weight is 462 g/mol. The molecule has 0 bridgehead atoms. The number of benzene rings is 2. The van der Waals surface area contributed by atoms with Gasteiger partial charge in [-0.25, -0.2) is 0 Å². The first-order valence-electron chi connectivity index (χ1n) is 10.9. The van der Waals surface area contributed by atoms with Gasteiger partial charge in [-0.2, -0.15) is 0 Å². The van der Waals surface area contributed by atoms with E-state index in [1.165, 1.54) is 12.1 Å². The Morgan fingerprint density at radius 3 is 2.36 bits per heavy atom. The highest BCUT2D eigenvalue weighted by molar-refractivity contribution is 6.02. The number of alkyl halides is 3. The van der Waals surface area contributed by atoms with Crippen LogP contribution in [0.4, 0.5) is 18.9 Å². The van der Waals surface area contributed by atoms with Crippen molar-refractivity contribution in [3.63, 3.8) is 0 Å². The second kappa shape index (κ2) is 8.51. The summed E-state index contributed by atoms with van der Waals surface area (Å²) in [5, 5.41) is 1.62. The summed E-state index contributed by atoms with van der Waals surface area (Å²) in [5.41, 5.74) is 8.80. The van der Waals surface area contributed by atoms with E-state index in [-0.39, 0.29) is 17.1 Å². The van der Waals surface area contributed by atoms with Crippen LogP contribution in [0.5, 0.6) is 5.75 Å². The lowest BCUT2D eigenvalue weighted by atomic mass is 10.00. The van der Waals surface area contributed by atoms with Crippen molar-refractivity contribution in [1.29, 1.82) is 0 Å². The van der Waals surface area contributed by atoms with Crippen LogP contribution in [0.3, 0.4) is 0 Å². The van der Waals surface area contributed by atoms with Crippen LogP contribution in [0, 0.1) is 5.41 Å². The summed E-state index contributed by atoms with van der Waals surface area (Å²) in [6.07, 6.45) is -2.58. The lowest BCUT2D eigenvalue weighted by Crippen LogP contribution is -2.53. The van der Waals surface area contributed by atoms with E-state index >= 15 is 0 Å². The molecule has 2 fully saturated rings. The van der Waals surface area contributed by atoms with Gasteiger partial charge in [-0.1, -0.05) is 18.2 Å². The Balaban J connectivity index is 1.29. The predicted molar refractivity (Wildman–Crippen MR) is 115 cm³/mol. The Morgan fingerprint density at radius 2 is 1.70 bits per heavy atom. The summed E-state index contributed by atoms with van der Waals surface area (Å²) in [4.78, 5) is 15.7. The van der Waals surface area contributed by atoms with Crippen molar-refractivity contribution >= 4 is 11.6 Å². The number of carbonyl (C=O) groups is 1. The van der Waals surface area contributed by atoms with Crippen LogP contribution in [0.25, 0.3) is 11.1 Å². The van der Waals surface area contributed by atoms with Gasteiger partial charge < -0.3 is 14.9 Å². The van der Waals surface area contributed by atoms with Crippen LogP contribution < -0.4 is 15.7 Å². The fourth-order valence-corrected chi connectivity index (χ4v) is 4.41. The molecule has 2 aromatic carbocycles. The van der Waals surface area contributed by atoms with Gasteiger partial charge in [0, 0.05) is 31.6 Å². The minimum Gasteiger partial charge on any atom is -0.406 e. The Hall–Kier alpha value is -2.82. The zero-order valence-electron chi connectivity index (χ0n) is 18.0. The molecule has 0 aromatic heterocycles. The minimum atomic E-state index is -4.73. The third kappa shape index (κ3) is 5.07. The third-order valence-corrected chi connectivity index (χ3v) is 6.36. The average Bonchev–Trinajstić information content (AvgIpc) is 3.55. The molecule has 0 spiro atoms. The van der Waals surface area contributed by atoms with Crippen molar-refractivity contribution in [2.45, 2.75) is 19.2 Å². The van der Waals surface area contributed by atoms with Crippen LogP contribution in [-0.4, -0.2) is 61.6 Å². The summed E-state index contributed by atoms with van der Waals surface area (Å²) in [5.74, 6) is -0.414. The van der Waals surface area contributed by atoms with Gasteiger partial charge in [-0.05, 0) is 48.2 Å². The van der Waals surface area contributed by atoms with Crippen LogP contribution in [-0.2, 0) is 4.74 Å². The quantitative estimate of drug-likeness (QED) is 0.683. The second-order valence-electron chi connectivity index (χ2n) is 8.85. The first kappa shape index (κ1) is 22.0. The second-order valence-corrected chi connectivity index (χ2v) is 8.85. The Labute approximate surface area is 189 Å². The Morgan fingerprint density at radius 1 is 1.00 bits per heavy atom. The molecule has 1 amide bonds. The van der Waals surface area contributed by atoms with E-state index < -0.39 is 6.36 Å². The molecule has 2 heterocycles. The summed E-state index contributed by atoms with van der Waals surface area (Å²) >= 11 is 0. The minimum absolute atomic E-state index is 0.0884. The predicted octanol–water partition coefficient (Wildman–Crippen LogP) is 3.65. The molecule has 2 aromatic rings. The maximum absolute atomic E-state index is 13.3. The van der Waals surface area contributed by atoms with Crippen molar-refractivity contribution in [3.05, 3.63) is 48.0 Å². The molecule has 176 valence electrons. The van der Waals surface area contributed by atoms with Crippen molar-refractivity contribution < 1.29 is 27.4 Å². The lowest BCUT2D eigenvalue weighted by molar-refractivity contribution is -0.274. The van der Waals surface area contributed by atoms with Gasteiger partial charge in [-0.15, -0.1) is 18.7 Å². The maximum Gasteiger partial charge on any atom is 0.573 e. The molecule has 3 aliphatic rings. The first-order chi connectivity index (χ1) is 15.8. The molecule has 5 rings (SSSR count). The molecule has 2 aliphatic heterocycles. The number of nitrogens with one attached hydrogen (secondary N) is 2. The number of hydrogen-bond donors (Lipinski definition) is 2. The van der Waals surface area contributed by atoms with Gasteiger partial charge in [0.2, 0.25) is 0 Å². The number of hydrazine groups is 2. The fraction of sp³-hybridized carbons (Fsp3) is 0.435. The van der Waals surface area contributed by atoms with E-state index in [4.69, 9.17) is 4.74 Å². The van der Waals surface area contributed by atoms with Crippen LogP contribution >= 0.6 is 0 Å². The molecule has 7 nitrogen and oxygen atoms in total. The van der Waals surface area contributed by atoms with Gasteiger partial charge in [-0.3, -0.25) is 14.7 Å². The number of carbonyl (C=O) groups excluding carboxylic acids is 1. The number of anilines is 1. The van der Waals surface area contributed by atoms with E-state index in [1.807, 2.05) is 6.07 Å². The highest BCUT2D eigenvalue weighted by Crippen LogP contribution is 2.47. The molecule has 0 unspecified atom stereocenters. The molecular weight excluding hydrogens is 437 g/mol. The van der Waals surface area contributed by atoms with Crippen LogP contribution in [0.15, 0.2) is 42.5 Å². The van der Waals surface area contributed by atoms with E-state index in [2.05, 4.69) is 20.6 Å². The number of ether oxygens (including phenoxy) is 2. The van der Waals surface area contributed by atoms with Gasteiger partial charge in [0.25, 0.3) is 5.91 Å². The summed E-state index contributed by atoms with van der Waals surface area (Å²) < 4.78 is 46.6. The summed E-state index contributed by atoms with van der Waals surface area (Å²) in [7, 11) is 0. The number of morpholine rings is 1. The molecular formula is C23H25F3N4O3. The summed E-state index contributed by atoms with van der Waals surface area (Å²) in [6, 6.07) is 11.0. The number of rotatable bonds is 6. The fourth-order valence-electron chi connectivity index (χ4n) is 4.41. The molecule has 0 atom stereocenters. The van der Waals surface area contributed by atoms with Crippen LogP contribution in [0.1, 0.15) is 23.2 Å². The SMILES string of the molecule is O=C1c2cc(-c3ccc(OC(F)(F)F)cc3)ccc2NNN1CC1(CN2CCOCC2)CC1. The topological polar surface area (TPSA) is 66.1 Å². The van der Waals surface area contributed by atoms with Crippen molar-refractivity contribution in [1.82, 2.24) is 15.4 Å². The van der Waals surface area contributed by atoms with Crippen molar-refractivity contribution in [3.8, 4) is 16.9 Å². The Bertz CT molecular complexity index is 1020. The molecule has 1 saturated heterocycles. The van der Waals surface area contributed by atoms with Crippen molar-refractivity contribution in [2.24, 2.45) is 5.41 Å². The van der Waals surface area contributed by atoms with Gasteiger partial charge >= 0.3 is 6.36 Å². The molecule has 33 heavy (non-hydrogen) atoms. The van der Waals surface area contributed by atoms with Crippen molar-refractivity contribution in [2.75, 3.05) is 44.8 Å². The number of nitrogens with zero attached hydrogens (tertiary/aromatic N) is 2. The molecule has 1 aliphatic carbocycles. The molecule has 0 radical (unpaired) electrons. The number of fused-ring (bicyclic) bond motifs is 1. The zero-order chi connectivity index (χ0) is 23.1. The van der Waals surface area contributed by atoms with E-state index in [9.17, 15) is 18.0 Å². The normalized spacial score (nSPS) is 20.2. The summed E-state index contributed by atoms with van der Waals surface area (Å²) in [6.45, 7) is 4.88. The third-order valence-electron chi connectivity index (χ3n) is 6.36. The van der Waals surface area contributed by atoms with Gasteiger partial charge in [0.15, 0.2) is 0 Å². The number of halogens is 3. The molecule has 10 heteroatoms. The largest absolute Gasteiger partial charge is 0.573 e. The van der Waals surface area contributed by atoms with E-state index in [0.717, 1.165) is 51.3 Å². The zero-order valence-corrected chi connectivity index (χ0v) is 18.0. The highest BCUT2D eigenvalue weighted by atomic mass is 19.4. The monoisotopic (exact) mass is 462 g/mol. The Kier molecular flexibility index (Phi) is 5.67. The first-order valence-corrected chi connectivity index (χ1v) is 10.9. The highest BCUT2D eigenvalue weighted by Gasteiger charge is 2.47. The lowest BCUT2D eigenvalue weighted by Gasteiger charge is -2.36. The standard InChI is InChI=1S/C23H25F3N4O3/c24-23(25,26)33-18-4-1-16(2-5-18)17-3-6-20-19(13-17)21(31)30(28-27-20)15-22(7-8-22)14-29-9-11-32-12-10-29/h1-6,13,27-28H,7-12,14-15H2. The molecule has 2 N–H and O–H groups in total. The van der Waals surface area contributed by atoms with Gasteiger partial charge in [0.1, 0.15) is 5.75 Å².